The number of nitrogens with one attached hydrogen (secondary N) is 1. The van der Waals surface area contributed by atoms with E-state index >= 15 is 0 Å². The summed E-state index contributed by atoms with van der Waals surface area (Å²) in [5.41, 5.74) is 5.98. The Morgan fingerprint density at radius 2 is 2.05 bits per heavy atom. The molecule has 0 spiro atoms. The van der Waals surface area contributed by atoms with Crippen molar-refractivity contribution in [2.24, 2.45) is 5.92 Å². The molecule has 0 saturated heterocycles. The minimum atomic E-state index is -3.76. The van der Waals surface area contributed by atoms with Gasteiger partial charge in [-0.3, -0.25) is 0 Å². The van der Waals surface area contributed by atoms with Crippen molar-refractivity contribution in [3.05, 3.63) is 18.2 Å². The summed E-state index contributed by atoms with van der Waals surface area (Å²) in [6.07, 6.45) is 0.349. The number of hydrogen-bond acceptors (Lipinski definition) is 5. The highest BCUT2D eigenvalue weighted by Crippen LogP contribution is 2.26. The van der Waals surface area contributed by atoms with Crippen molar-refractivity contribution in [1.29, 1.82) is 0 Å². The average Bonchev–Trinajstić information content (AvgIpc) is 2.38. The Labute approximate surface area is 120 Å². The van der Waals surface area contributed by atoms with Crippen LogP contribution in [-0.2, 0) is 10.0 Å². The lowest BCUT2D eigenvalue weighted by molar-refractivity contribution is 0.255. The number of sulfonamides is 1. The molecule has 0 amide bonds. The number of aliphatic hydroxyl groups excluding tert-OH is 1. The number of aliphatic hydroxyl groups is 1. The fourth-order valence-electron chi connectivity index (χ4n) is 1.83. The zero-order chi connectivity index (χ0) is 15.3. The molecule has 20 heavy (non-hydrogen) atoms. The van der Waals surface area contributed by atoms with Gasteiger partial charge in [-0.2, -0.15) is 0 Å². The first-order chi connectivity index (χ1) is 9.31. The molecule has 0 saturated carbocycles. The van der Waals surface area contributed by atoms with Gasteiger partial charge < -0.3 is 15.6 Å². The van der Waals surface area contributed by atoms with Crippen LogP contribution in [0.5, 0.6) is 5.75 Å². The maximum Gasteiger partial charge on any atom is 0.244 e. The second-order valence-corrected chi connectivity index (χ2v) is 6.58. The summed E-state index contributed by atoms with van der Waals surface area (Å²) in [6.45, 7) is 3.69. The van der Waals surface area contributed by atoms with E-state index < -0.39 is 10.0 Å². The van der Waals surface area contributed by atoms with Crippen molar-refractivity contribution in [2.75, 3.05) is 19.5 Å². The summed E-state index contributed by atoms with van der Waals surface area (Å²) in [5, 5.41) is 9.02. The molecular weight excluding hydrogens is 280 g/mol. The van der Waals surface area contributed by atoms with Crippen LogP contribution in [0, 0.1) is 5.92 Å². The highest BCUT2D eigenvalue weighted by atomic mass is 32.2. The Hall–Kier alpha value is -1.31. The fraction of sp³-hybridized carbons (Fsp3) is 0.538. The SMILES string of the molecule is COc1ccc(N)cc1S(=O)(=O)NC(CCO)C(C)C. The number of rotatable bonds is 7. The molecule has 0 radical (unpaired) electrons. The van der Waals surface area contributed by atoms with Crippen molar-refractivity contribution < 1.29 is 18.3 Å². The molecule has 0 bridgehead atoms. The molecule has 0 aliphatic carbocycles. The van der Waals surface area contributed by atoms with E-state index in [0.29, 0.717) is 12.1 Å². The van der Waals surface area contributed by atoms with Crippen LogP contribution >= 0.6 is 0 Å². The first kappa shape index (κ1) is 16.7. The minimum absolute atomic E-state index is 0.00332. The van der Waals surface area contributed by atoms with E-state index in [4.69, 9.17) is 15.6 Å². The summed E-state index contributed by atoms with van der Waals surface area (Å²) >= 11 is 0. The average molecular weight is 302 g/mol. The van der Waals surface area contributed by atoms with Crippen LogP contribution in [0.25, 0.3) is 0 Å². The molecule has 1 unspecified atom stereocenters. The fourth-order valence-corrected chi connectivity index (χ4v) is 3.46. The number of benzene rings is 1. The van der Waals surface area contributed by atoms with Gasteiger partial charge in [0.1, 0.15) is 10.6 Å². The van der Waals surface area contributed by atoms with Crippen LogP contribution in [0.2, 0.25) is 0 Å². The number of nitrogen functional groups attached to an aromatic ring is 1. The Kier molecular flexibility index (Phi) is 5.79. The maximum absolute atomic E-state index is 12.4. The van der Waals surface area contributed by atoms with Crippen molar-refractivity contribution in [2.45, 2.75) is 31.2 Å². The normalized spacial score (nSPS) is 13.4. The third-order valence-electron chi connectivity index (χ3n) is 3.03. The van der Waals surface area contributed by atoms with Gasteiger partial charge in [-0.05, 0) is 30.5 Å². The molecule has 114 valence electrons. The summed E-state index contributed by atoms with van der Waals surface area (Å²) < 4.78 is 32.5. The topological polar surface area (TPSA) is 102 Å². The van der Waals surface area contributed by atoms with E-state index in [9.17, 15) is 8.42 Å². The van der Waals surface area contributed by atoms with Crippen LogP contribution in [0.15, 0.2) is 23.1 Å². The third-order valence-corrected chi connectivity index (χ3v) is 4.54. The van der Waals surface area contributed by atoms with Gasteiger partial charge >= 0.3 is 0 Å². The van der Waals surface area contributed by atoms with E-state index in [0.717, 1.165) is 0 Å². The van der Waals surface area contributed by atoms with E-state index in [-0.39, 0.29) is 29.2 Å². The lowest BCUT2D eigenvalue weighted by Crippen LogP contribution is -2.39. The second-order valence-electron chi connectivity index (χ2n) is 4.89. The minimum Gasteiger partial charge on any atom is -0.495 e. The lowest BCUT2D eigenvalue weighted by atomic mass is 10.0. The van der Waals surface area contributed by atoms with Crippen LogP contribution in [-0.4, -0.2) is 33.3 Å². The number of anilines is 1. The summed E-state index contributed by atoms with van der Waals surface area (Å²) in [5.74, 6) is 0.294. The van der Waals surface area contributed by atoms with Crippen LogP contribution in [0.4, 0.5) is 5.69 Å². The Bertz CT molecular complexity index is 543. The highest BCUT2D eigenvalue weighted by molar-refractivity contribution is 7.89. The van der Waals surface area contributed by atoms with Gasteiger partial charge in [0.15, 0.2) is 0 Å². The number of nitrogens with two attached hydrogens (primary N) is 1. The zero-order valence-electron chi connectivity index (χ0n) is 12.0. The smallest absolute Gasteiger partial charge is 0.244 e. The van der Waals surface area contributed by atoms with Gasteiger partial charge in [0, 0.05) is 18.3 Å². The zero-order valence-corrected chi connectivity index (χ0v) is 12.8. The van der Waals surface area contributed by atoms with Crippen LogP contribution in [0.3, 0.4) is 0 Å². The Balaban J connectivity index is 3.13. The second kappa shape index (κ2) is 6.92. The molecule has 0 heterocycles. The molecule has 1 atom stereocenters. The first-order valence-corrected chi connectivity index (χ1v) is 7.87. The molecule has 1 aromatic rings. The van der Waals surface area contributed by atoms with Gasteiger partial charge in [0.05, 0.1) is 7.11 Å². The van der Waals surface area contributed by atoms with Crippen LogP contribution < -0.4 is 15.2 Å². The molecule has 6 nitrogen and oxygen atoms in total. The number of ether oxygens (including phenoxy) is 1. The molecule has 0 aliphatic heterocycles. The van der Waals surface area contributed by atoms with Crippen molar-refractivity contribution in [3.8, 4) is 5.75 Å². The van der Waals surface area contributed by atoms with Gasteiger partial charge in [-0.15, -0.1) is 0 Å². The van der Waals surface area contributed by atoms with Gasteiger partial charge in [0.25, 0.3) is 0 Å². The van der Waals surface area contributed by atoms with Gasteiger partial charge in [-0.25, -0.2) is 13.1 Å². The number of methoxy groups -OCH3 is 1. The molecular formula is C13H22N2O4S. The molecule has 0 fully saturated rings. The Morgan fingerprint density at radius 3 is 2.55 bits per heavy atom. The maximum atomic E-state index is 12.4. The van der Waals surface area contributed by atoms with E-state index in [2.05, 4.69) is 4.72 Å². The third kappa shape index (κ3) is 4.09. The molecule has 0 aromatic heterocycles. The molecule has 0 aliphatic rings. The standard InChI is InChI=1S/C13H22N2O4S/c1-9(2)11(6-7-16)15-20(17,18)13-8-10(14)4-5-12(13)19-3/h4-5,8-9,11,15-16H,6-7,14H2,1-3H3. The predicted octanol–water partition coefficient (Wildman–Crippen LogP) is 0.963. The van der Waals surface area contributed by atoms with Gasteiger partial charge in [0.2, 0.25) is 10.0 Å². The summed E-state index contributed by atoms with van der Waals surface area (Å²) in [4.78, 5) is 0.00332. The first-order valence-electron chi connectivity index (χ1n) is 6.38. The molecule has 1 aromatic carbocycles. The largest absolute Gasteiger partial charge is 0.495 e. The van der Waals surface area contributed by atoms with E-state index in [1.54, 1.807) is 6.07 Å². The quantitative estimate of drug-likeness (QED) is 0.651. The van der Waals surface area contributed by atoms with Gasteiger partial charge in [-0.1, -0.05) is 13.8 Å². The predicted molar refractivity (Wildman–Crippen MR) is 78.1 cm³/mol. The van der Waals surface area contributed by atoms with E-state index in [1.165, 1.54) is 19.2 Å². The van der Waals surface area contributed by atoms with E-state index in [1.807, 2.05) is 13.8 Å². The molecule has 1 rings (SSSR count). The van der Waals surface area contributed by atoms with Crippen molar-refractivity contribution >= 4 is 15.7 Å². The monoisotopic (exact) mass is 302 g/mol. The molecule has 4 N–H and O–H groups in total. The summed E-state index contributed by atoms with van der Waals surface area (Å²) in [6, 6.07) is 4.10. The highest BCUT2D eigenvalue weighted by Gasteiger charge is 2.25. The van der Waals surface area contributed by atoms with Crippen molar-refractivity contribution in [1.82, 2.24) is 4.72 Å². The Morgan fingerprint density at radius 1 is 1.40 bits per heavy atom. The van der Waals surface area contributed by atoms with Crippen molar-refractivity contribution in [3.63, 3.8) is 0 Å². The summed E-state index contributed by atoms with van der Waals surface area (Å²) in [7, 11) is -2.36. The number of hydrogen-bond donors (Lipinski definition) is 3. The van der Waals surface area contributed by atoms with Crippen LogP contribution in [0.1, 0.15) is 20.3 Å². The molecule has 7 heteroatoms. The lowest BCUT2D eigenvalue weighted by Gasteiger charge is -2.22.